The molecular formula is C37H37N11O2. The number of benzene rings is 1. The minimum Gasteiger partial charge on any atom is -0.352 e. The molecule has 5 aromatic heterocycles. The maximum atomic E-state index is 13.0. The highest BCUT2D eigenvalue weighted by molar-refractivity contribution is 5.95. The Morgan fingerprint density at radius 2 is 1.06 bits per heavy atom. The molecule has 13 heteroatoms. The Morgan fingerprint density at radius 3 is 1.56 bits per heavy atom. The number of hydrogen-bond acceptors (Lipinski definition) is 9. The summed E-state index contributed by atoms with van der Waals surface area (Å²) in [6, 6.07) is 20.0. The van der Waals surface area contributed by atoms with Gasteiger partial charge in [-0.2, -0.15) is 0 Å². The van der Waals surface area contributed by atoms with Crippen LogP contribution >= 0.6 is 0 Å². The van der Waals surface area contributed by atoms with Crippen LogP contribution in [-0.4, -0.2) is 107 Å². The molecule has 4 fully saturated rings. The molecule has 0 aliphatic carbocycles. The van der Waals surface area contributed by atoms with Gasteiger partial charge in [-0.1, -0.05) is 24.3 Å². The number of carbonyl (C=O) groups is 2. The van der Waals surface area contributed by atoms with E-state index in [4.69, 9.17) is 0 Å². The van der Waals surface area contributed by atoms with Crippen molar-refractivity contribution in [1.29, 1.82) is 0 Å². The van der Waals surface area contributed by atoms with E-state index in [1.54, 1.807) is 24.9 Å². The number of H-pyrrole nitrogens is 2. The molecular weight excluding hydrogens is 630 g/mol. The molecule has 252 valence electrons. The first-order valence-electron chi connectivity index (χ1n) is 17.3. The molecule has 13 nitrogen and oxygen atoms in total. The second-order valence-electron chi connectivity index (χ2n) is 13.5. The van der Waals surface area contributed by atoms with Crippen molar-refractivity contribution in [3.05, 3.63) is 103 Å². The molecule has 4 aliphatic heterocycles. The Hall–Kier alpha value is -5.85. The maximum Gasteiger partial charge on any atom is 0.273 e. The van der Waals surface area contributed by atoms with E-state index >= 15 is 0 Å². The molecule has 0 radical (unpaired) electrons. The molecule has 2 amide bonds. The summed E-state index contributed by atoms with van der Waals surface area (Å²) in [4.78, 5) is 62.7. The molecule has 4 bridgehead atoms. The summed E-state index contributed by atoms with van der Waals surface area (Å²) < 4.78 is 0. The number of nitrogens with one attached hydrogen (secondary N) is 2. The third-order valence-electron chi connectivity index (χ3n) is 10.6. The van der Waals surface area contributed by atoms with Crippen LogP contribution in [0.4, 0.5) is 11.6 Å². The van der Waals surface area contributed by atoms with Crippen molar-refractivity contribution in [3.8, 4) is 0 Å². The number of rotatable bonds is 4. The molecule has 4 unspecified atom stereocenters. The fraction of sp³-hybridized carbons (Fsp3) is 0.324. The van der Waals surface area contributed by atoms with E-state index in [1.165, 1.54) is 0 Å². The Morgan fingerprint density at radius 1 is 0.560 bits per heavy atom. The molecule has 2 N–H and O–H groups in total. The second kappa shape index (κ2) is 12.6. The lowest BCUT2D eigenvalue weighted by Gasteiger charge is -2.41. The van der Waals surface area contributed by atoms with Crippen molar-refractivity contribution in [1.82, 2.24) is 44.7 Å². The average molecular weight is 668 g/mol. The van der Waals surface area contributed by atoms with Gasteiger partial charge in [-0.3, -0.25) is 14.6 Å². The normalized spacial score (nSPS) is 22.6. The van der Waals surface area contributed by atoms with Crippen LogP contribution in [0, 0.1) is 0 Å². The molecule has 4 saturated heterocycles. The smallest absolute Gasteiger partial charge is 0.273 e. The van der Waals surface area contributed by atoms with E-state index in [0.29, 0.717) is 5.69 Å². The lowest BCUT2D eigenvalue weighted by atomic mass is 10.1. The number of carbonyl (C=O) groups excluding carboxylic acids is 2. The van der Waals surface area contributed by atoms with E-state index in [9.17, 15) is 9.59 Å². The zero-order chi connectivity index (χ0) is 33.6. The van der Waals surface area contributed by atoms with Gasteiger partial charge in [0.15, 0.2) is 0 Å². The monoisotopic (exact) mass is 667 g/mol. The van der Waals surface area contributed by atoms with Crippen molar-refractivity contribution >= 4 is 45.5 Å². The molecule has 6 aromatic rings. The summed E-state index contributed by atoms with van der Waals surface area (Å²) in [6.45, 7) is 3.25. The Kier molecular flexibility index (Phi) is 7.59. The zero-order valence-electron chi connectivity index (χ0n) is 27.5. The van der Waals surface area contributed by atoms with Crippen LogP contribution in [0.25, 0.3) is 22.1 Å². The number of piperazine rings is 2. The second-order valence-corrected chi connectivity index (χ2v) is 13.5. The van der Waals surface area contributed by atoms with Crippen LogP contribution in [0.15, 0.2) is 91.9 Å². The minimum atomic E-state index is 0.0437. The highest BCUT2D eigenvalue weighted by atomic mass is 16.2. The first-order chi connectivity index (χ1) is 24.6. The quantitative estimate of drug-likeness (QED) is 0.281. The molecule has 50 heavy (non-hydrogen) atoms. The van der Waals surface area contributed by atoms with Gasteiger partial charge in [-0.15, -0.1) is 0 Å². The number of anilines is 2. The van der Waals surface area contributed by atoms with Crippen molar-refractivity contribution in [2.75, 3.05) is 36.0 Å². The van der Waals surface area contributed by atoms with Crippen LogP contribution in [-0.2, 0) is 0 Å². The summed E-state index contributed by atoms with van der Waals surface area (Å²) in [7, 11) is 0. The third kappa shape index (κ3) is 5.29. The number of aromatic amines is 2. The van der Waals surface area contributed by atoms with Crippen LogP contribution < -0.4 is 9.80 Å². The van der Waals surface area contributed by atoms with Gasteiger partial charge < -0.3 is 29.6 Å². The van der Waals surface area contributed by atoms with Crippen molar-refractivity contribution in [3.63, 3.8) is 0 Å². The van der Waals surface area contributed by atoms with Crippen molar-refractivity contribution in [2.24, 2.45) is 0 Å². The topological polar surface area (TPSA) is 143 Å². The Bertz CT molecular complexity index is 1970. The number of amides is 2. The molecule has 4 atom stereocenters. The predicted octanol–water partition coefficient (Wildman–Crippen LogP) is 4.30. The van der Waals surface area contributed by atoms with Crippen LogP contribution in [0.1, 0.15) is 46.5 Å². The highest BCUT2D eigenvalue weighted by Crippen LogP contribution is 2.36. The Labute approximate surface area is 288 Å². The SMILES string of the molecule is O=C(c1ccccc1)N1C2CCC1CN(c1ncnc3[nH]ccc13)C2.O=C(c1ccccn1)N1C2CCC1CN(c1ncnc3[nH]ccc13)C2. The molecule has 9 heterocycles. The summed E-state index contributed by atoms with van der Waals surface area (Å²) in [5.41, 5.74) is 3.02. The van der Waals surface area contributed by atoms with Crippen LogP contribution in [0.5, 0.6) is 0 Å². The van der Waals surface area contributed by atoms with Crippen molar-refractivity contribution < 1.29 is 9.59 Å². The fourth-order valence-electron chi connectivity index (χ4n) is 8.39. The van der Waals surface area contributed by atoms with Gasteiger partial charge >= 0.3 is 0 Å². The van der Waals surface area contributed by atoms with Crippen LogP contribution in [0.3, 0.4) is 0 Å². The number of fused-ring (bicyclic) bond motifs is 6. The van der Waals surface area contributed by atoms with E-state index < -0.39 is 0 Å². The van der Waals surface area contributed by atoms with Gasteiger partial charge in [-0.05, 0) is 62.1 Å². The zero-order valence-corrected chi connectivity index (χ0v) is 27.5. The number of aromatic nitrogens is 7. The van der Waals surface area contributed by atoms with E-state index in [0.717, 1.165) is 91.1 Å². The third-order valence-corrected chi connectivity index (χ3v) is 10.6. The lowest BCUT2D eigenvalue weighted by Crippen LogP contribution is -2.56. The molecule has 10 rings (SSSR count). The van der Waals surface area contributed by atoms with Gasteiger partial charge in [0.1, 0.15) is 41.3 Å². The first-order valence-corrected chi connectivity index (χ1v) is 17.3. The Balaban J connectivity index is 0.000000135. The molecule has 0 spiro atoms. The van der Waals surface area contributed by atoms with E-state index in [1.807, 2.05) is 71.9 Å². The summed E-state index contributed by atoms with van der Waals surface area (Å²) >= 11 is 0. The number of pyridine rings is 1. The number of hydrogen-bond donors (Lipinski definition) is 2. The van der Waals surface area contributed by atoms with E-state index in [-0.39, 0.29) is 36.0 Å². The molecule has 0 saturated carbocycles. The standard InChI is InChI=1S/C19H19N5O.C18H18N6O/c25-19(13-4-2-1-3-5-13)24-14-6-7-15(24)11-23(10-14)18-16-8-9-20-17(16)21-12-22-18;25-18(15-3-1-2-7-19-15)24-12-4-5-13(24)10-23(9-12)17-14-6-8-20-16(14)21-11-22-17/h1-5,8-9,12,14-15H,6-7,10-11H2,(H,20,21,22);1-3,6-8,11-13H,4-5,9-10H2,(H,20,21,22). The summed E-state index contributed by atoms with van der Waals surface area (Å²) in [5.74, 6) is 2.12. The van der Waals surface area contributed by atoms with Crippen LogP contribution in [0.2, 0.25) is 0 Å². The first kappa shape index (κ1) is 30.2. The minimum absolute atomic E-state index is 0.0437. The van der Waals surface area contributed by atoms with Crippen molar-refractivity contribution in [2.45, 2.75) is 49.9 Å². The van der Waals surface area contributed by atoms with Gasteiger partial charge in [-0.25, -0.2) is 19.9 Å². The lowest BCUT2D eigenvalue weighted by molar-refractivity contribution is 0.0629. The van der Waals surface area contributed by atoms with Gasteiger partial charge in [0, 0.05) is 50.3 Å². The van der Waals surface area contributed by atoms with Gasteiger partial charge in [0.25, 0.3) is 11.8 Å². The van der Waals surface area contributed by atoms with Gasteiger partial charge in [0.2, 0.25) is 0 Å². The molecule has 1 aromatic carbocycles. The number of nitrogens with zero attached hydrogens (tertiary/aromatic N) is 9. The average Bonchev–Trinajstić information content (AvgIpc) is 3.96. The summed E-state index contributed by atoms with van der Waals surface area (Å²) in [5, 5.41) is 2.08. The summed E-state index contributed by atoms with van der Waals surface area (Å²) in [6.07, 6.45) is 12.8. The van der Waals surface area contributed by atoms with Gasteiger partial charge in [0.05, 0.1) is 34.9 Å². The highest BCUT2D eigenvalue weighted by Gasteiger charge is 2.45. The molecule has 4 aliphatic rings. The fourth-order valence-corrected chi connectivity index (χ4v) is 8.39. The maximum absolute atomic E-state index is 13.0. The van der Waals surface area contributed by atoms with E-state index in [2.05, 4.69) is 49.6 Å². The largest absolute Gasteiger partial charge is 0.352 e. The predicted molar refractivity (Wildman–Crippen MR) is 189 cm³/mol.